The molecule has 0 saturated carbocycles. The Labute approximate surface area is 182 Å². The molecule has 0 radical (unpaired) electrons. The second kappa shape index (κ2) is 12.1. The van der Waals surface area contributed by atoms with Gasteiger partial charge in [-0.3, -0.25) is 14.4 Å². The molecule has 0 aliphatic carbocycles. The Morgan fingerprint density at radius 3 is 1.65 bits per heavy atom. The van der Waals surface area contributed by atoms with Crippen molar-refractivity contribution in [2.24, 2.45) is 11.8 Å². The summed E-state index contributed by atoms with van der Waals surface area (Å²) in [6, 6.07) is 12.2. The molecule has 2 aromatic carbocycles. The van der Waals surface area contributed by atoms with Crippen molar-refractivity contribution >= 4 is 28.7 Å². The first-order valence-corrected chi connectivity index (χ1v) is 11.0. The first-order valence-electron chi connectivity index (χ1n) is 11.0. The van der Waals surface area contributed by atoms with Gasteiger partial charge in [0.05, 0.1) is 18.3 Å². The SMILES string of the molecule is CCCC(CCCc1ccc(CCCC(CC(=O)O)C(=O)O)c2ccccc12)C(=O)O. The van der Waals surface area contributed by atoms with Gasteiger partial charge in [-0.1, -0.05) is 49.7 Å². The Bertz CT molecular complexity index is 904. The van der Waals surface area contributed by atoms with Crippen LogP contribution in [0, 0.1) is 11.8 Å². The highest BCUT2D eigenvalue weighted by molar-refractivity contribution is 5.88. The summed E-state index contributed by atoms with van der Waals surface area (Å²) in [7, 11) is 0. The molecule has 0 saturated heterocycles. The molecule has 2 aromatic rings. The molecule has 2 unspecified atom stereocenters. The van der Waals surface area contributed by atoms with Crippen LogP contribution >= 0.6 is 0 Å². The average Bonchev–Trinajstić information content (AvgIpc) is 2.72. The van der Waals surface area contributed by atoms with E-state index in [1.54, 1.807) is 0 Å². The molecule has 2 atom stereocenters. The third-order valence-electron chi connectivity index (χ3n) is 5.86. The number of aliphatic carboxylic acids is 3. The van der Waals surface area contributed by atoms with Gasteiger partial charge >= 0.3 is 17.9 Å². The predicted octanol–water partition coefficient (Wildman–Crippen LogP) is 5.16. The lowest BCUT2D eigenvalue weighted by Gasteiger charge is -2.14. The van der Waals surface area contributed by atoms with Gasteiger partial charge in [-0.15, -0.1) is 0 Å². The van der Waals surface area contributed by atoms with E-state index in [0.717, 1.165) is 35.6 Å². The van der Waals surface area contributed by atoms with Crippen molar-refractivity contribution in [2.75, 3.05) is 0 Å². The fourth-order valence-corrected chi connectivity index (χ4v) is 4.20. The van der Waals surface area contributed by atoms with Gasteiger partial charge in [-0.2, -0.15) is 0 Å². The van der Waals surface area contributed by atoms with Crippen LogP contribution in [0.4, 0.5) is 0 Å². The number of carboxylic acids is 3. The molecule has 0 aliphatic rings. The van der Waals surface area contributed by atoms with Crippen LogP contribution in [0.5, 0.6) is 0 Å². The van der Waals surface area contributed by atoms with Gasteiger partial charge in [0.25, 0.3) is 0 Å². The summed E-state index contributed by atoms with van der Waals surface area (Å²) in [5, 5.41) is 29.7. The Hall–Kier alpha value is -2.89. The van der Waals surface area contributed by atoms with Gasteiger partial charge in [0.2, 0.25) is 0 Å². The van der Waals surface area contributed by atoms with Gasteiger partial charge in [-0.25, -0.2) is 0 Å². The lowest BCUT2D eigenvalue weighted by molar-refractivity contribution is -0.148. The second-order valence-corrected chi connectivity index (χ2v) is 8.17. The lowest BCUT2D eigenvalue weighted by Crippen LogP contribution is -2.18. The molecule has 31 heavy (non-hydrogen) atoms. The van der Waals surface area contributed by atoms with E-state index in [1.165, 1.54) is 5.56 Å². The van der Waals surface area contributed by atoms with Crippen molar-refractivity contribution in [3.05, 3.63) is 47.5 Å². The molecular formula is C25H32O6. The Kier molecular flexibility index (Phi) is 9.50. The van der Waals surface area contributed by atoms with E-state index >= 15 is 0 Å². The highest BCUT2D eigenvalue weighted by Crippen LogP contribution is 2.27. The van der Waals surface area contributed by atoms with Crippen LogP contribution in [0.25, 0.3) is 10.8 Å². The fraction of sp³-hybridized carbons (Fsp3) is 0.480. The molecule has 3 N–H and O–H groups in total. The summed E-state index contributed by atoms with van der Waals surface area (Å²) >= 11 is 0. The first-order chi connectivity index (χ1) is 14.8. The summed E-state index contributed by atoms with van der Waals surface area (Å²) in [6.45, 7) is 2.00. The molecule has 6 heteroatoms. The van der Waals surface area contributed by atoms with E-state index in [1.807, 2.05) is 19.1 Å². The predicted molar refractivity (Wildman–Crippen MR) is 119 cm³/mol. The van der Waals surface area contributed by atoms with Gasteiger partial charge in [0.15, 0.2) is 0 Å². The van der Waals surface area contributed by atoms with E-state index in [0.29, 0.717) is 32.1 Å². The zero-order chi connectivity index (χ0) is 22.8. The maximum atomic E-state index is 11.4. The van der Waals surface area contributed by atoms with Crippen molar-refractivity contribution < 1.29 is 29.7 Å². The van der Waals surface area contributed by atoms with Gasteiger partial charge in [0.1, 0.15) is 0 Å². The molecule has 0 amide bonds. The maximum absolute atomic E-state index is 11.4. The zero-order valence-electron chi connectivity index (χ0n) is 18.0. The molecule has 0 aliphatic heterocycles. The normalized spacial score (nSPS) is 13.1. The highest BCUT2D eigenvalue weighted by Gasteiger charge is 2.20. The lowest BCUT2D eigenvalue weighted by atomic mass is 9.91. The first kappa shape index (κ1) is 24.4. The number of hydrogen-bond acceptors (Lipinski definition) is 3. The fourth-order valence-electron chi connectivity index (χ4n) is 4.20. The maximum Gasteiger partial charge on any atom is 0.307 e. The minimum Gasteiger partial charge on any atom is -0.481 e. The number of aryl methyl sites for hydroxylation is 2. The van der Waals surface area contributed by atoms with E-state index in [2.05, 4.69) is 24.3 Å². The number of rotatable bonds is 14. The van der Waals surface area contributed by atoms with Crippen molar-refractivity contribution in [3.8, 4) is 0 Å². The summed E-state index contributed by atoms with van der Waals surface area (Å²) in [5.41, 5.74) is 2.31. The summed E-state index contributed by atoms with van der Waals surface area (Å²) in [4.78, 5) is 33.5. The molecule has 0 bridgehead atoms. The third-order valence-corrected chi connectivity index (χ3v) is 5.86. The Morgan fingerprint density at radius 1 is 0.742 bits per heavy atom. The number of carboxylic acid groups (broad SMARTS) is 3. The summed E-state index contributed by atoms with van der Waals surface area (Å²) in [6.07, 6.45) is 5.12. The van der Waals surface area contributed by atoms with E-state index in [9.17, 15) is 24.6 Å². The van der Waals surface area contributed by atoms with Crippen LogP contribution in [-0.2, 0) is 27.2 Å². The molecule has 2 rings (SSSR count). The van der Waals surface area contributed by atoms with E-state index in [-0.39, 0.29) is 12.3 Å². The number of fused-ring (bicyclic) bond motifs is 1. The van der Waals surface area contributed by atoms with Gasteiger partial charge in [0, 0.05) is 0 Å². The standard InChI is InChI=1S/C25H32O6/c1-2-7-19(24(28)29)10-5-8-17-14-15-18(22-13-4-3-12-21(17)22)9-6-11-20(25(30)31)16-23(26)27/h3-4,12-15,19-20H,2,5-11,16H2,1H3,(H,26,27)(H,28,29)(H,30,31). The van der Waals surface area contributed by atoms with Crippen LogP contribution in [-0.4, -0.2) is 33.2 Å². The van der Waals surface area contributed by atoms with Crippen molar-refractivity contribution in [2.45, 2.75) is 64.7 Å². The van der Waals surface area contributed by atoms with Crippen molar-refractivity contribution in [1.82, 2.24) is 0 Å². The van der Waals surface area contributed by atoms with Crippen molar-refractivity contribution in [3.63, 3.8) is 0 Å². The minimum absolute atomic E-state index is 0.288. The monoisotopic (exact) mass is 428 g/mol. The quantitative estimate of drug-likeness (QED) is 0.383. The van der Waals surface area contributed by atoms with Crippen LogP contribution in [0.2, 0.25) is 0 Å². The van der Waals surface area contributed by atoms with Crippen LogP contribution in [0.3, 0.4) is 0 Å². The van der Waals surface area contributed by atoms with Crippen LogP contribution < -0.4 is 0 Å². The largest absolute Gasteiger partial charge is 0.481 e. The van der Waals surface area contributed by atoms with Crippen LogP contribution in [0.1, 0.15) is 63.0 Å². The molecular weight excluding hydrogens is 396 g/mol. The second-order valence-electron chi connectivity index (χ2n) is 8.17. The topological polar surface area (TPSA) is 112 Å². The highest BCUT2D eigenvalue weighted by atomic mass is 16.4. The minimum atomic E-state index is -1.09. The molecule has 0 heterocycles. The summed E-state index contributed by atoms with van der Waals surface area (Å²) < 4.78 is 0. The number of carbonyl (C=O) groups is 3. The molecule has 0 spiro atoms. The van der Waals surface area contributed by atoms with Gasteiger partial charge < -0.3 is 15.3 Å². The molecule has 168 valence electrons. The zero-order valence-corrected chi connectivity index (χ0v) is 18.0. The van der Waals surface area contributed by atoms with E-state index in [4.69, 9.17) is 5.11 Å². The Morgan fingerprint density at radius 2 is 1.23 bits per heavy atom. The van der Waals surface area contributed by atoms with Crippen molar-refractivity contribution in [1.29, 1.82) is 0 Å². The van der Waals surface area contributed by atoms with Gasteiger partial charge in [-0.05, 0) is 66.8 Å². The smallest absolute Gasteiger partial charge is 0.307 e. The van der Waals surface area contributed by atoms with Crippen LogP contribution in [0.15, 0.2) is 36.4 Å². The summed E-state index contributed by atoms with van der Waals surface area (Å²) in [5.74, 6) is -4.03. The number of hydrogen-bond donors (Lipinski definition) is 3. The molecule has 6 nitrogen and oxygen atoms in total. The number of benzene rings is 2. The Balaban J connectivity index is 2.06. The average molecular weight is 429 g/mol. The van der Waals surface area contributed by atoms with E-state index < -0.39 is 23.8 Å². The third kappa shape index (κ3) is 7.39. The molecule has 0 fully saturated rings. The molecule has 0 aromatic heterocycles.